The topological polar surface area (TPSA) is 93.8 Å². The number of oxazole rings is 1. The van der Waals surface area contributed by atoms with Crippen molar-refractivity contribution in [3.05, 3.63) is 64.1 Å². The third kappa shape index (κ3) is 4.75. The van der Waals surface area contributed by atoms with Crippen molar-refractivity contribution in [1.29, 1.82) is 0 Å². The number of benzene rings is 2. The van der Waals surface area contributed by atoms with E-state index in [0.29, 0.717) is 24.3 Å². The zero-order valence-corrected chi connectivity index (χ0v) is 18.3. The largest absolute Gasteiger partial charge is 0.420 e. The predicted molar refractivity (Wildman–Crippen MR) is 121 cm³/mol. The van der Waals surface area contributed by atoms with Gasteiger partial charge in [-0.3, -0.25) is 14.2 Å². The molecule has 4 rings (SSSR count). The number of nitrogens with zero attached hydrogens (tertiary/aromatic N) is 2. The molecule has 1 atom stereocenters. The Labute approximate surface area is 185 Å². The Morgan fingerprint density at radius 1 is 1.16 bits per heavy atom. The monoisotopic (exact) mass is 437 g/mol. The molecule has 0 unspecified atom stereocenters. The van der Waals surface area contributed by atoms with Crippen LogP contribution in [0, 0.1) is 13.8 Å². The summed E-state index contributed by atoms with van der Waals surface area (Å²) in [7, 11) is 0. The molecule has 2 amide bonds. The molecule has 3 aromatic rings. The summed E-state index contributed by atoms with van der Waals surface area (Å²) in [6.07, 6.45) is 1.63. The first-order valence-electron chi connectivity index (χ1n) is 10.8. The van der Waals surface area contributed by atoms with Crippen molar-refractivity contribution in [2.45, 2.75) is 39.3 Å². The molecular formula is C24H27N3O5. The fourth-order valence-corrected chi connectivity index (χ4v) is 3.94. The summed E-state index contributed by atoms with van der Waals surface area (Å²) in [4.78, 5) is 39.8. The lowest BCUT2D eigenvalue weighted by Gasteiger charge is -2.25. The molecule has 1 fully saturated rings. The number of carbonyl (C=O) groups is 2. The standard InChI is InChI=1S/C24H27N3O5/c1-16-7-5-9-19(17(16)2)25-22(28)14-26(13-18-8-6-12-31-18)23(29)15-27-20-10-3-4-11-21(20)32-24(27)30/h3-5,7,9-11,18H,6,8,12-15H2,1-2H3,(H,25,28)/t18-/m0/s1. The number of aryl methyl sites for hydroxylation is 1. The molecule has 8 heteroatoms. The number of hydrogen-bond acceptors (Lipinski definition) is 5. The summed E-state index contributed by atoms with van der Waals surface area (Å²) in [5.41, 5.74) is 3.73. The van der Waals surface area contributed by atoms with Crippen LogP contribution in [0.4, 0.5) is 5.69 Å². The molecule has 0 aliphatic carbocycles. The normalized spacial score (nSPS) is 15.8. The fourth-order valence-electron chi connectivity index (χ4n) is 3.94. The van der Waals surface area contributed by atoms with E-state index in [-0.39, 0.29) is 31.0 Å². The minimum absolute atomic E-state index is 0.120. The summed E-state index contributed by atoms with van der Waals surface area (Å²) < 4.78 is 12.2. The summed E-state index contributed by atoms with van der Waals surface area (Å²) in [6.45, 7) is 4.52. The van der Waals surface area contributed by atoms with E-state index in [1.807, 2.05) is 32.0 Å². The van der Waals surface area contributed by atoms with Crippen molar-refractivity contribution in [3.8, 4) is 0 Å². The molecule has 1 N–H and O–H groups in total. The van der Waals surface area contributed by atoms with Crippen LogP contribution in [0.1, 0.15) is 24.0 Å². The van der Waals surface area contributed by atoms with E-state index in [1.165, 1.54) is 9.47 Å². The van der Waals surface area contributed by atoms with Crippen LogP contribution >= 0.6 is 0 Å². The van der Waals surface area contributed by atoms with Crippen LogP contribution in [0.15, 0.2) is 51.7 Å². The van der Waals surface area contributed by atoms with Gasteiger partial charge in [0.1, 0.15) is 13.1 Å². The molecule has 1 aliphatic heterocycles. The van der Waals surface area contributed by atoms with E-state index >= 15 is 0 Å². The number of aromatic nitrogens is 1. The summed E-state index contributed by atoms with van der Waals surface area (Å²) in [5.74, 6) is -1.24. The van der Waals surface area contributed by atoms with Crippen molar-refractivity contribution in [2.75, 3.05) is 25.0 Å². The van der Waals surface area contributed by atoms with E-state index in [9.17, 15) is 14.4 Å². The number of amides is 2. The second kappa shape index (κ2) is 9.40. The average molecular weight is 437 g/mol. The van der Waals surface area contributed by atoms with Gasteiger partial charge in [-0.1, -0.05) is 24.3 Å². The number of para-hydroxylation sites is 2. The van der Waals surface area contributed by atoms with E-state index in [4.69, 9.17) is 9.15 Å². The van der Waals surface area contributed by atoms with Crippen molar-refractivity contribution >= 4 is 28.6 Å². The quantitative estimate of drug-likeness (QED) is 0.614. The Hall–Kier alpha value is -3.39. The third-order valence-electron chi connectivity index (χ3n) is 5.88. The van der Waals surface area contributed by atoms with Crippen LogP contribution in [0.3, 0.4) is 0 Å². The third-order valence-corrected chi connectivity index (χ3v) is 5.88. The Morgan fingerprint density at radius 3 is 2.75 bits per heavy atom. The van der Waals surface area contributed by atoms with Crippen LogP contribution in [0.5, 0.6) is 0 Å². The first kappa shape index (κ1) is 21.8. The van der Waals surface area contributed by atoms with Gasteiger partial charge in [-0.2, -0.15) is 0 Å². The van der Waals surface area contributed by atoms with Crippen LogP contribution in [-0.2, 0) is 20.9 Å². The molecule has 1 saturated heterocycles. The molecule has 32 heavy (non-hydrogen) atoms. The second-order valence-corrected chi connectivity index (χ2v) is 8.13. The zero-order chi connectivity index (χ0) is 22.7. The molecule has 8 nitrogen and oxygen atoms in total. The maximum Gasteiger partial charge on any atom is 0.420 e. The number of rotatable bonds is 7. The SMILES string of the molecule is Cc1cccc(NC(=O)CN(C[C@@H]2CCCO2)C(=O)Cn2c(=O)oc3ccccc32)c1C. The number of nitrogens with one attached hydrogen (secondary N) is 1. The molecule has 2 aromatic carbocycles. The predicted octanol–water partition coefficient (Wildman–Crippen LogP) is 2.86. The molecule has 0 spiro atoms. The minimum atomic E-state index is -0.601. The molecular weight excluding hydrogens is 410 g/mol. The van der Waals surface area contributed by atoms with Crippen LogP contribution in [0.25, 0.3) is 11.1 Å². The van der Waals surface area contributed by atoms with Gasteiger partial charge in [0.2, 0.25) is 11.8 Å². The number of ether oxygens (including phenoxy) is 1. The van der Waals surface area contributed by atoms with Gasteiger partial charge in [-0.05, 0) is 56.0 Å². The number of carbonyl (C=O) groups excluding carboxylic acids is 2. The van der Waals surface area contributed by atoms with Crippen molar-refractivity contribution in [3.63, 3.8) is 0 Å². The van der Waals surface area contributed by atoms with Gasteiger partial charge in [0.15, 0.2) is 5.58 Å². The summed E-state index contributed by atoms with van der Waals surface area (Å²) in [5, 5.41) is 2.90. The molecule has 0 bridgehead atoms. The van der Waals surface area contributed by atoms with Crippen molar-refractivity contribution in [1.82, 2.24) is 9.47 Å². The number of anilines is 1. The Kier molecular flexibility index (Phi) is 6.41. The van der Waals surface area contributed by atoms with E-state index < -0.39 is 5.76 Å². The van der Waals surface area contributed by atoms with Crippen molar-refractivity contribution in [2.24, 2.45) is 0 Å². The highest BCUT2D eigenvalue weighted by atomic mass is 16.5. The maximum atomic E-state index is 13.2. The highest BCUT2D eigenvalue weighted by Crippen LogP contribution is 2.19. The smallest absolute Gasteiger partial charge is 0.408 e. The van der Waals surface area contributed by atoms with E-state index in [2.05, 4.69) is 5.32 Å². The van der Waals surface area contributed by atoms with Gasteiger partial charge in [0, 0.05) is 18.8 Å². The average Bonchev–Trinajstić information content (AvgIpc) is 3.39. The molecule has 0 saturated carbocycles. The van der Waals surface area contributed by atoms with Gasteiger partial charge in [-0.15, -0.1) is 0 Å². The molecule has 168 valence electrons. The Bertz CT molecular complexity index is 1190. The first-order chi connectivity index (χ1) is 15.4. The van der Waals surface area contributed by atoms with Crippen molar-refractivity contribution < 1.29 is 18.7 Å². The Morgan fingerprint density at radius 2 is 1.97 bits per heavy atom. The second-order valence-electron chi connectivity index (χ2n) is 8.13. The fraction of sp³-hybridized carbons (Fsp3) is 0.375. The van der Waals surface area contributed by atoms with Gasteiger partial charge >= 0.3 is 5.76 Å². The number of hydrogen-bond donors (Lipinski definition) is 1. The molecule has 2 heterocycles. The highest BCUT2D eigenvalue weighted by molar-refractivity contribution is 5.95. The lowest BCUT2D eigenvalue weighted by atomic mass is 10.1. The lowest BCUT2D eigenvalue weighted by Crippen LogP contribution is -2.44. The first-order valence-corrected chi connectivity index (χ1v) is 10.8. The molecule has 1 aromatic heterocycles. The summed E-state index contributed by atoms with van der Waals surface area (Å²) in [6, 6.07) is 12.6. The lowest BCUT2D eigenvalue weighted by molar-refractivity contribution is -0.136. The van der Waals surface area contributed by atoms with E-state index in [0.717, 1.165) is 29.7 Å². The van der Waals surface area contributed by atoms with Gasteiger partial charge in [-0.25, -0.2) is 4.79 Å². The number of fused-ring (bicyclic) bond motifs is 1. The van der Waals surface area contributed by atoms with Gasteiger partial charge in [0.05, 0.1) is 11.6 Å². The summed E-state index contributed by atoms with van der Waals surface area (Å²) >= 11 is 0. The Balaban J connectivity index is 1.52. The van der Waals surface area contributed by atoms with Crippen LogP contribution in [0.2, 0.25) is 0 Å². The highest BCUT2D eigenvalue weighted by Gasteiger charge is 2.26. The zero-order valence-electron chi connectivity index (χ0n) is 18.3. The van der Waals surface area contributed by atoms with Crippen LogP contribution in [-0.4, -0.2) is 47.1 Å². The van der Waals surface area contributed by atoms with Gasteiger partial charge in [0.25, 0.3) is 0 Å². The van der Waals surface area contributed by atoms with Gasteiger partial charge < -0.3 is 19.4 Å². The molecule has 1 aliphatic rings. The molecule has 0 radical (unpaired) electrons. The van der Waals surface area contributed by atoms with E-state index in [1.54, 1.807) is 24.3 Å². The maximum absolute atomic E-state index is 13.2. The van der Waals surface area contributed by atoms with Crippen LogP contribution < -0.4 is 11.1 Å². The minimum Gasteiger partial charge on any atom is -0.408 e.